The van der Waals surface area contributed by atoms with Crippen LogP contribution in [0.2, 0.25) is 0 Å². The second-order valence-electron chi connectivity index (χ2n) is 6.36. The number of hydrogen-bond acceptors (Lipinski definition) is 5. The molecule has 0 aliphatic carbocycles. The maximum absolute atomic E-state index is 13.0. The summed E-state index contributed by atoms with van der Waals surface area (Å²) in [6.07, 6.45) is 0. The molecule has 148 valence electrons. The topological polar surface area (TPSA) is 97.5 Å². The molecule has 0 spiro atoms. The Hall–Kier alpha value is -3.00. The third-order valence-corrected chi connectivity index (χ3v) is 5.86. The fourth-order valence-electron chi connectivity index (χ4n) is 2.83. The van der Waals surface area contributed by atoms with Gasteiger partial charge in [-0.05, 0) is 62.2 Å². The second-order valence-corrected chi connectivity index (χ2v) is 8.04. The van der Waals surface area contributed by atoms with Gasteiger partial charge in [-0.1, -0.05) is 6.07 Å². The van der Waals surface area contributed by atoms with Crippen LogP contribution in [0.25, 0.3) is 10.9 Å². The number of H-pyrrole nitrogens is 1. The van der Waals surface area contributed by atoms with Gasteiger partial charge in [-0.2, -0.15) is 0 Å². The van der Waals surface area contributed by atoms with Crippen molar-refractivity contribution in [2.45, 2.75) is 25.7 Å². The van der Waals surface area contributed by atoms with E-state index < -0.39 is 16.0 Å². The average molecular weight is 402 g/mol. The Morgan fingerprint density at radius 1 is 1.11 bits per heavy atom. The molecular formula is C20H22N2O5S. The Kier molecular flexibility index (Phi) is 5.33. The van der Waals surface area contributed by atoms with E-state index >= 15 is 0 Å². The lowest BCUT2D eigenvalue weighted by Crippen LogP contribution is -2.16. The van der Waals surface area contributed by atoms with Gasteiger partial charge in [-0.15, -0.1) is 0 Å². The minimum absolute atomic E-state index is 0.0394. The summed E-state index contributed by atoms with van der Waals surface area (Å²) in [5.74, 6) is -0.107. The van der Waals surface area contributed by atoms with Crippen molar-refractivity contribution in [2.75, 3.05) is 18.4 Å². The van der Waals surface area contributed by atoms with Gasteiger partial charge in [0.15, 0.2) is 5.69 Å². The Morgan fingerprint density at radius 2 is 1.86 bits per heavy atom. The van der Waals surface area contributed by atoms with Gasteiger partial charge in [0, 0.05) is 10.9 Å². The van der Waals surface area contributed by atoms with Gasteiger partial charge in [-0.25, -0.2) is 13.2 Å². The van der Waals surface area contributed by atoms with Crippen molar-refractivity contribution >= 4 is 32.6 Å². The lowest BCUT2D eigenvalue weighted by Gasteiger charge is -2.11. The number of sulfonamides is 1. The first-order valence-corrected chi connectivity index (χ1v) is 10.2. The minimum atomic E-state index is -3.92. The minimum Gasteiger partial charge on any atom is -0.497 e. The van der Waals surface area contributed by atoms with Crippen LogP contribution >= 0.6 is 0 Å². The molecule has 0 saturated carbocycles. The molecule has 2 N–H and O–H groups in total. The van der Waals surface area contributed by atoms with E-state index in [9.17, 15) is 13.2 Å². The van der Waals surface area contributed by atoms with Crippen molar-refractivity contribution < 1.29 is 22.7 Å². The van der Waals surface area contributed by atoms with Crippen LogP contribution in [0.15, 0.2) is 41.3 Å². The summed E-state index contributed by atoms with van der Waals surface area (Å²) in [7, 11) is -2.41. The van der Waals surface area contributed by atoms with Crippen LogP contribution in [-0.2, 0) is 14.8 Å². The number of aryl methyl sites for hydroxylation is 2. The van der Waals surface area contributed by atoms with E-state index in [1.807, 2.05) is 13.8 Å². The Labute approximate surface area is 163 Å². The number of nitrogens with one attached hydrogen (secondary N) is 2. The molecule has 0 fully saturated rings. The largest absolute Gasteiger partial charge is 0.497 e. The molecule has 0 amide bonds. The highest BCUT2D eigenvalue weighted by atomic mass is 32.2. The van der Waals surface area contributed by atoms with Crippen LogP contribution in [0.5, 0.6) is 5.75 Å². The van der Waals surface area contributed by atoms with Crippen molar-refractivity contribution in [1.29, 1.82) is 0 Å². The SMILES string of the molecule is CCOC(=O)c1[nH]c2ccc(OC)cc2c1NS(=O)(=O)c1ccc(C)c(C)c1. The van der Waals surface area contributed by atoms with Crippen LogP contribution in [0.3, 0.4) is 0 Å². The van der Waals surface area contributed by atoms with Crippen LogP contribution in [0, 0.1) is 13.8 Å². The van der Waals surface area contributed by atoms with Gasteiger partial charge in [0.2, 0.25) is 0 Å². The smallest absolute Gasteiger partial charge is 0.356 e. The molecule has 0 atom stereocenters. The number of hydrogen-bond donors (Lipinski definition) is 2. The number of rotatable bonds is 6. The third kappa shape index (κ3) is 3.68. The molecule has 28 heavy (non-hydrogen) atoms. The van der Waals surface area contributed by atoms with E-state index in [-0.39, 0.29) is 22.9 Å². The van der Waals surface area contributed by atoms with Crippen LogP contribution < -0.4 is 9.46 Å². The predicted octanol–water partition coefficient (Wildman–Crippen LogP) is 3.77. The van der Waals surface area contributed by atoms with E-state index in [2.05, 4.69) is 9.71 Å². The van der Waals surface area contributed by atoms with Crippen LogP contribution in [0.4, 0.5) is 5.69 Å². The summed E-state index contributed by atoms with van der Waals surface area (Å²) in [4.78, 5) is 15.4. The summed E-state index contributed by atoms with van der Waals surface area (Å²) in [6.45, 7) is 5.60. The van der Waals surface area contributed by atoms with Gasteiger partial charge in [0.25, 0.3) is 10.0 Å². The van der Waals surface area contributed by atoms with Crippen molar-refractivity contribution in [2.24, 2.45) is 0 Å². The fraction of sp³-hybridized carbons (Fsp3) is 0.250. The van der Waals surface area contributed by atoms with E-state index in [0.29, 0.717) is 16.7 Å². The summed E-state index contributed by atoms with van der Waals surface area (Å²) < 4.78 is 38.8. The lowest BCUT2D eigenvalue weighted by molar-refractivity contribution is 0.0522. The molecule has 1 aromatic heterocycles. The fourth-order valence-corrected chi connectivity index (χ4v) is 4.01. The maximum Gasteiger partial charge on any atom is 0.356 e. The number of aromatic nitrogens is 1. The molecule has 3 aromatic rings. The number of fused-ring (bicyclic) bond motifs is 1. The van der Waals surface area contributed by atoms with E-state index in [0.717, 1.165) is 11.1 Å². The molecule has 1 heterocycles. The van der Waals surface area contributed by atoms with Gasteiger partial charge in [0.05, 0.1) is 24.3 Å². The monoisotopic (exact) mass is 402 g/mol. The Balaban J connectivity index is 2.15. The predicted molar refractivity (Wildman–Crippen MR) is 108 cm³/mol. The summed E-state index contributed by atoms with van der Waals surface area (Å²) in [5, 5.41) is 0.509. The molecule has 2 aromatic carbocycles. The molecule has 0 saturated heterocycles. The summed E-state index contributed by atoms with van der Waals surface area (Å²) in [5.41, 5.74) is 2.60. The van der Waals surface area contributed by atoms with Crippen molar-refractivity contribution in [3.63, 3.8) is 0 Å². The highest BCUT2D eigenvalue weighted by molar-refractivity contribution is 7.92. The Morgan fingerprint density at radius 3 is 2.50 bits per heavy atom. The van der Waals surface area contributed by atoms with Crippen molar-refractivity contribution in [3.05, 3.63) is 53.2 Å². The number of benzene rings is 2. The second kappa shape index (κ2) is 7.55. The molecule has 7 nitrogen and oxygen atoms in total. The number of esters is 1. The van der Waals surface area contributed by atoms with Crippen LogP contribution in [-0.4, -0.2) is 33.1 Å². The maximum atomic E-state index is 13.0. The first-order valence-electron chi connectivity index (χ1n) is 8.73. The molecule has 0 unspecified atom stereocenters. The standard InChI is InChI=1S/C20H22N2O5S/c1-5-27-20(23)19-18(16-11-14(26-4)7-9-17(16)21-19)22-28(24,25)15-8-6-12(2)13(3)10-15/h6-11,21-22H,5H2,1-4H3. The van der Waals surface area contributed by atoms with Gasteiger partial charge in [-0.3, -0.25) is 4.72 Å². The van der Waals surface area contributed by atoms with Gasteiger partial charge in [0.1, 0.15) is 5.75 Å². The van der Waals surface area contributed by atoms with Gasteiger partial charge >= 0.3 is 5.97 Å². The molecule has 0 bridgehead atoms. The highest BCUT2D eigenvalue weighted by Crippen LogP contribution is 2.33. The normalized spacial score (nSPS) is 11.4. The van der Waals surface area contributed by atoms with E-state index in [1.54, 1.807) is 37.3 Å². The zero-order chi connectivity index (χ0) is 20.5. The molecular weight excluding hydrogens is 380 g/mol. The quantitative estimate of drug-likeness (QED) is 0.612. The van der Waals surface area contributed by atoms with Crippen molar-refractivity contribution in [1.82, 2.24) is 4.98 Å². The summed E-state index contributed by atoms with van der Waals surface area (Å²) >= 11 is 0. The Bertz CT molecular complexity index is 1150. The number of methoxy groups -OCH3 is 1. The molecule has 0 radical (unpaired) electrons. The molecule has 0 aliphatic heterocycles. The lowest BCUT2D eigenvalue weighted by atomic mass is 10.1. The zero-order valence-corrected chi connectivity index (χ0v) is 16.9. The molecule has 0 aliphatic rings. The van der Waals surface area contributed by atoms with E-state index in [4.69, 9.17) is 9.47 Å². The number of anilines is 1. The van der Waals surface area contributed by atoms with E-state index in [1.165, 1.54) is 13.2 Å². The first-order chi connectivity index (χ1) is 13.3. The van der Waals surface area contributed by atoms with Gasteiger partial charge < -0.3 is 14.5 Å². The van der Waals surface area contributed by atoms with Crippen molar-refractivity contribution in [3.8, 4) is 5.75 Å². The molecule has 3 rings (SSSR count). The number of carbonyl (C=O) groups excluding carboxylic acids is 1. The number of carbonyl (C=O) groups is 1. The zero-order valence-electron chi connectivity index (χ0n) is 16.1. The first kappa shape index (κ1) is 19.8. The number of aromatic amines is 1. The molecule has 8 heteroatoms. The third-order valence-electron chi connectivity index (χ3n) is 4.51. The highest BCUT2D eigenvalue weighted by Gasteiger charge is 2.24. The average Bonchev–Trinajstić information content (AvgIpc) is 3.01. The van der Waals surface area contributed by atoms with Crippen LogP contribution in [0.1, 0.15) is 28.5 Å². The number of ether oxygens (including phenoxy) is 2. The summed E-state index contributed by atoms with van der Waals surface area (Å²) in [6, 6.07) is 9.96.